The molecule has 3 rings (SSSR count). The zero-order chi connectivity index (χ0) is 15.5. The molecule has 1 aliphatic rings. The first-order valence-corrected chi connectivity index (χ1v) is 7.49. The Bertz CT molecular complexity index is 745. The van der Waals surface area contributed by atoms with Crippen molar-refractivity contribution in [3.05, 3.63) is 46.5 Å². The number of nitrogen functional groups attached to an aromatic ring is 1. The molecule has 0 amide bonds. The molecule has 0 radical (unpaired) electrons. The second-order valence-corrected chi connectivity index (χ2v) is 5.60. The highest BCUT2D eigenvalue weighted by Crippen LogP contribution is 2.33. The van der Waals surface area contributed by atoms with Crippen LogP contribution >= 0.6 is 0 Å². The number of pyridine rings is 1. The Balaban J connectivity index is 2.09. The minimum atomic E-state index is 0.571. The zero-order valence-corrected chi connectivity index (χ0v) is 12.6. The van der Waals surface area contributed by atoms with Crippen molar-refractivity contribution >= 4 is 17.3 Å². The number of nitriles is 1. The van der Waals surface area contributed by atoms with Gasteiger partial charge in [-0.25, -0.2) is 10.8 Å². The highest BCUT2D eigenvalue weighted by Gasteiger charge is 2.21. The van der Waals surface area contributed by atoms with Crippen LogP contribution in [0.2, 0.25) is 0 Å². The Kier molecular flexibility index (Phi) is 3.94. The summed E-state index contributed by atoms with van der Waals surface area (Å²) in [7, 11) is 0. The first-order valence-electron chi connectivity index (χ1n) is 7.49. The first kappa shape index (κ1) is 14.4. The van der Waals surface area contributed by atoms with Crippen LogP contribution in [-0.4, -0.2) is 4.98 Å². The number of anilines is 3. The van der Waals surface area contributed by atoms with Gasteiger partial charge in [0.2, 0.25) is 0 Å². The lowest BCUT2D eigenvalue weighted by molar-refractivity contribution is 0.682. The van der Waals surface area contributed by atoms with E-state index < -0.39 is 0 Å². The molecule has 4 N–H and O–H groups in total. The van der Waals surface area contributed by atoms with Gasteiger partial charge in [-0.05, 0) is 55.9 Å². The predicted octanol–water partition coefficient (Wildman–Crippen LogP) is 3.17. The van der Waals surface area contributed by atoms with Crippen molar-refractivity contribution in [2.24, 2.45) is 5.84 Å². The maximum Gasteiger partial charge on any atom is 0.151 e. The summed E-state index contributed by atoms with van der Waals surface area (Å²) in [4.78, 5) is 4.53. The molecule has 0 atom stereocenters. The SMILES string of the molecule is Cc1cccc(Nc2nc(NN)c3c(c2C#N)CCCC3)c1. The monoisotopic (exact) mass is 293 g/mol. The number of aryl methyl sites for hydroxylation is 1. The second-order valence-electron chi connectivity index (χ2n) is 5.60. The maximum absolute atomic E-state index is 9.59. The third kappa shape index (κ3) is 2.61. The van der Waals surface area contributed by atoms with Gasteiger partial charge in [0.15, 0.2) is 5.82 Å². The van der Waals surface area contributed by atoms with Gasteiger partial charge >= 0.3 is 0 Å². The summed E-state index contributed by atoms with van der Waals surface area (Å²) in [5.74, 6) is 6.87. The van der Waals surface area contributed by atoms with Crippen molar-refractivity contribution in [1.29, 1.82) is 5.26 Å². The normalized spacial score (nSPS) is 13.1. The van der Waals surface area contributed by atoms with Crippen LogP contribution in [0, 0.1) is 18.3 Å². The van der Waals surface area contributed by atoms with Crippen LogP contribution in [0.15, 0.2) is 24.3 Å². The highest BCUT2D eigenvalue weighted by atomic mass is 15.3. The van der Waals surface area contributed by atoms with Crippen molar-refractivity contribution in [2.75, 3.05) is 10.7 Å². The van der Waals surface area contributed by atoms with Crippen LogP contribution in [0.1, 0.15) is 35.1 Å². The van der Waals surface area contributed by atoms with Crippen molar-refractivity contribution in [1.82, 2.24) is 4.98 Å². The zero-order valence-electron chi connectivity index (χ0n) is 12.6. The van der Waals surface area contributed by atoms with Gasteiger partial charge in [-0.1, -0.05) is 12.1 Å². The average Bonchev–Trinajstić information content (AvgIpc) is 2.54. The largest absolute Gasteiger partial charge is 0.339 e. The first-order chi connectivity index (χ1) is 10.7. The number of nitrogens with zero attached hydrogens (tertiary/aromatic N) is 2. The summed E-state index contributed by atoms with van der Waals surface area (Å²) in [6.07, 6.45) is 4.03. The number of rotatable bonds is 3. The lowest BCUT2D eigenvalue weighted by Crippen LogP contribution is -2.17. The van der Waals surface area contributed by atoms with E-state index in [0.29, 0.717) is 17.2 Å². The number of fused-ring (bicyclic) bond motifs is 1. The molecule has 1 aliphatic carbocycles. The molecule has 1 aromatic carbocycles. The van der Waals surface area contributed by atoms with E-state index in [2.05, 4.69) is 21.8 Å². The van der Waals surface area contributed by atoms with E-state index in [9.17, 15) is 5.26 Å². The average molecular weight is 293 g/mol. The summed E-state index contributed by atoms with van der Waals surface area (Å²) in [5, 5.41) is 12.8. The lowest BCUT2D eigenvalue weighted by atomic mass is 9.89. The maximum atomic E-state index is 9.59. The van der Waals surface area contributed by atoms with Crippen LogP contribution in [0.3, 0.4) is 0 Å². The highest BCUT2D eigenvalue weighted by molar-refractivity contribution is 5.70. The van der Waals surface area contributed by atoms with Crippen LogP contribution in [-0.2, 0) is 12.8 Å². The van der Waals surface area contributed by atoms with Gasteiger partial charge in [-0.2, -0.15) is 5.26 Å². The number of nitrogens with two attached hydrogens (primary N) is 1. The molecule has 112 valence electrons. The smallest absolute Gasteiger partial charge is 0.151 e. The van der Waals surface area contributed by atoms with Crippen molar-refractivity contribution in [2.45, 2.75) is 32.6 Å². The Morgan fingerprint density at radius 3 is 2.64 bits per heavy atom. The number of nitrogens with one attached hydrogen (secondary N) is 2. The molecule has 0 unspecified atom stereocenters. The number of benzene rings is 1. The fourth-order valence-corrected chi connectivity index (χ4v) is 3.01. The molecule has 1 aromatic heterocycles. The van der Waals surface area contributed by atoms with Crippen LogP contribution in [0.5, 0.6) is 0 Å². The minimum absolute atomic E-state index is 0.571. The van der Waals surface area contributed by atoms with Crippen LogP contribution in [0.4, 0.5) is 17.3 Å². The summed E-state index contributed by atoms with van der Waals surface area (Å²) < 4.78 is 0. The van der Waals surface area contributed by atoms with E-state index in [1.165, 1.54) is 0 Å². The summed E-state index contributed by atoms with van der Waals surface area (Å²) >= 11 is 0. The van der Waals surface area contributed by atoms with Gasteiger partial charge in [-0.15, -0.1) is 0 Å². The molecule has 2 aromatic rings. The van der Waals surface area contributed by atoms with Crippen molar-refractivity contribution in [3.8, 4) is 6.07 Å². The van der Waals surface area contributed by atoms with E-state index >= 15 is 0 Å². The molecule has 0 saturated heterocycles. The lowest BCUT2D eigenvalue weighted by Gasteiger charge is -2.22. The Morgan fingerprint density at radius 2 is 1.95 bits per heavy atom. The molecular formula is C17H19N5. The standard InChI is InChI=1S/C17H19N5/c1-11-5-4-6-12(9-11)20-16-15(10-18)13-7-2-3-8-14(13)17(21-16)22-19/h4-6,9H,2-3,7-8,19H2,1H3,(H2,20,21,22). The summed E-state index contributed by atoms with van der Waals surface area (Å²) in [5.41, 5.74) is 7.55. The van der Waals surface area contributed by atoms with Gasteiger partial charge in [0.1, 0.15) is 11.9 Å². The predicted molar refractivity (Wildman–Crippen MR) is 87.9 cm³/mol. The quantitative estimate of drug-likeness (QED) is 0.597. The summed E-state index contributed by atoms with van der Waals surface area (Å²) in [6, 6.07) is 10.3. The fourth-order valence-electron chi connectivity index (χ4n) is 3.01. The molecule has 0 fully saturated rings. The van der Waals surface area contributed by atoms with E-state index in [0.717, 1.165) is 48.1 Å². The van der Waals surface area contributed by atoms with Crippen molar-refractivity contribution < 1.29 is 0 Å². The summed E-state index contributed by atoms with van der Waals surface area (Å²) in [6.45, 7) is 2.03. The van der Waals surface area contributed by atoms with Crippen molar-refractivity contribution in [3.63, 3.8) is 0 Å². The number of hydrogen-bond donors (Lipinski definition) is 3. The van der Waals surface area contributed by atoms with E-state index in [4.69, 9.17) is 5.84 Å². The fraction of sp³-hybridized carbons (Fsp3) is 0.294. The van der Waals surface area contributed by atoms with Gasteiger partial charge in [0.25, 0.3) is 0 Å². The van der Waals surface area contributed by atoms with Crippen LogP contribution in [0.25, 0.3) is 0 Å². The topological polar surface area (TPSA) is 86.8 Å². The van der Waals surface area contributed by atoms with Crippen LogP contribution < -0.4 is 16.6 Å². The number of aromatic nitrogens is 1. The Labute approximate surface area is 130 Å². The number of hydrogen-bond acceptors (Lipinski definition) is 5. The van der Waals surface area contributed by atoms with E-state index in [-0.39, 0.29) is 0 Å². The second kappa shape index (κ2) is 6.04. The number of hydrazine groups is 1. The molecule has 1 heterocycles. The molecule has 0 spiro atoms. The van der Waals surface area contributed by atoms with Gasteiger partial charge in [0, 0.05) is 11.3 Å². The molecule has 22 heavy (non-hydrogen) atoms. The molecule has 0 bridgehead atoms. The third-order valence-corrected chi connectivity index (χ3v) is 4.05. The van der Waals surface area contributed by atoms with Gasteiger partial charge in [-0.3, -0.25) is 0 Å². The van der Waals surface area contributed by atoms with Gasteiger partial charge < -0.3 is 10.7 Å². The third-order valence-electron chi connectivity index (χ3n) is 4.05. The van der Waals surface area contributed by atoms with Gasteiger partial charge in [0.05, 0.1) is 5.56 Å². The molecular weight excluding hydrogens is 274 g/mol. The van der Waals surface area contributed by atoms with E-state index in [1.807, 2.05) is 31.2 Å². The molecule has 5 nitrogen and oxygen atoms in total. The molecule has 0 aliphatic heterocycles. The minimum Gasteiger partial charge on any atom is -0.339 e. The Morgan fingerprint density at radius 1 is 1.18 bits per heavy atom. The molecule has 0 saturated carbocycles. The Hall–Kier alpha value is -2.58. The molecule has 5 heteroatoms. The van der Waals surface area contributed by atoms with E-state index in [1.54, 1.807) is 0 Å².